The lowest BCUT2D eigenvalue weighted by Gasteiger charge is -2.33. The quantitative estimate of drug-likeness (QED) is 0.744. The van der Waals surface area contributed by atoms with E-state index in [2.05, 4.69) is 10.6 Å². The minimum Gasteiger partial charge on any atom is -0.496 e. The second-order valence-corrected chi connectivity index (χ2v) is 6.76. The molecule has 1 heterocycles. The van der Waals surface area contributed by atoms with Gasteiger partial charge in [0.1, 0.15) is 11.5 Å². The fourth-order valence-electron chi connectivity index (χ4n) is 3.67. The molecule has 0 bridgehead atoms. The Morgan fingerprint density at radius 2 is 1.83 bits per heavy atom. The maximum absolute atomic E-state index is 13.7. The van der Waals surface area contributed by atoms with Gasteiger partial charge in [0.15, 0.2) is 11.6 Å². The summed E-state index contributed by atoms with van der Waals surface area (Å²) < 4.78 is 37.6. The van der Waals surface area contributed by atoms with E-state index in [9.17, 15) is 13.6 Å². The van der Waals surface area contributed by atoms with Crippen LogP contribution in [0.4, 0.5) is 8.78 Å². The number of hydrogen-bond acceptors (Lipinski definition) is 4. The summed E-state index contributed by atoms with van der Waals surface area (Å²) in [6.07, 6.45) is 0.808. The molecule has 0 saturated carbocycles. The number of carbonyl (C=O) groups is 1. The van der Waals surface area contributed by atoms with Crippen LogP contribution in [0.25, 0.3) is 0 Å². The number of piperidine rings is 1. The van der Waals surface area contributed by atoms with Crippen LogP contribution in [0.1, 0.15) is 23.5 Å². The van der Waals surface area contributed by atoms with Gasteiger partial charge in [0.05, 0.1) is 20.6 Å². The van der Waals surface area contributed by atoms with Gasteiger partial charge in [-0.15, -0.1) is 12.4 Å². The number of rotatable bonds is 6. The van der Waals surface area contributed by atoms with Crippen molar-refractivity contribution in [2.75, 3.05) is 27.3 Å². The van der Waals surface area contributed by atoms with Crippen molar-refractivity contribution in [2.24, 2.45) is 0 Å². The molecule has 158 valence electrons. The number of ether oxygens (including phenoxy) is 2. The Labute approximate surface area is 175 Å². The van der Waals surface area contributed by atoms with Crippen molar-refractivity contribution in [2.45, 2.75) is 24.8 Å². The Kier molecular flexibility index (Phi) is 8.22. The van der Waals surface area contributed by atoms with Gasteiger partial charge in [-0.3, -0.25) is 4.79 Å². The Bertz CT molecular complexity index is 828. The number of halogens is 3. The molecule has 1 saturated heterocycles. The van der Waals surface area contributed by atoms with Crippen LogP contribution in [-0.2, 0) is 11.2 Å². The number of hydrogen-bond donors (Lipinski definition) is 2. The standard InChI is InChI=1S/C21H24F2N2O3.ClH/c1-27-19-4-3-5-20(28-2)15(19)11-21(26)25-18-12-24-9-8-14(18)13-6-7-16(22)17(23)10-13;/h3-7,10,14,18,24H,8-9,11-12H2,1-2H3,(H,25,26);1H. The molecule has 3 rings (SSSR count). The summed E-state index contributed by atoms with van der Waals surface area (Å²) in [6, 6.07) is 9.04. The molecule has 2 atom stereocenters. The van der Waals surface area contributed by atoms with Gasteiger partial charge in [-0.1, -0.05) is 12.1 Å². The molecule has 5 nitrogen and oxygen atoms in total. The first-order chi connectivity index (χ1) is 13.5. The lowest BCUT2D eigenvalue weighted by Crippen LogP contribution is -2.50. The summed E-state index contributed by atoms with van der Waals surface area (Å²) in [4.78, 5) is 12.7. The third kappa shape index (κ3) is 5.36. The second kappa shape index (κ2) is 10.4. The third-order valence-electron chi connectivity index (χ3n) is 5.07. The third-order valence-corrected chi connectivity index (χ3v) is 5.07. The summed E-state index contributed by atoms with van der Waals surface area (Å²) in [5.41, 5.74) is 1.35. The lowest BCUT2D eigenvalue weighted by atomic mass is 9.86. The van der Waals surface area contributed by atoms with E-state index < -0.39 is 11.6 Å². The topological polar surface area (TPSA) is 59.6 Å². The number of amides is 1. The lowest BCUT2D eigenvalue weighted by molar-refractivity contribution is -0.121. The van der Waals surface area contributed by atoms with Crippen LogP contribution < -0.4 is 20.1 Å². The van der Waals surface area contributed by atoms with Gasteiger partial charge in [0.25, 0.3) is 0 Å². The molecule has 1 fully saturated rings. The summed E-state index contributed by atoms with van der Waals surface area (Å²) in [6.45, 7) is 1.30. The zero-order chi connectivity index (χ0) is 20.1. The zero-order valence-corrected chi connectivity index (χ0v) is 17.2. The zero-order valence-electron chi connectivity index (χ0n) is 16.3. The van der Waals surface area contributed by atoms with Crippen LogP contribution in [0, 0.1) is 11.6 Å². The molecule has 0 radical (unpaired) electrons. The van der Waals surface area contributed by atoms with Gasteiger partial charge >= 0.3 is 0 Å². The number of methoxy groups -OCH3 is 2. The monoisotopic (exact) mass is 426 g/mol. The fraction of sp³-hybridized carbons (Fsp3) is 0.381. The maximum atomic E-state index is 13.7. The Morgan fingerprint density at radius 3 is 2.45 bits per heavy atom. The predicted molar refractivity (Wildman–Crippen MR) is 109 cm³/mol. The van der Waals surface area contributed by atoms with Crippen molar-refractivity contribution in [3.8, 4) is 11.5 Å². The van der Waals surface area contributed by atoms with Gasteiger partial charge in [-0.25, -0.2) is 8.78 Å². The Balaban J connectivity index is 0.00000300. The van der Waals surface area contributed by atoms with Gasteiger partial charge in [0, 0.05) is 24.1 Å². The molecule has 1 amide bonds. The average Bonchev–Trinajstić information content (AvgIpc) is 2.70. The van der Waals surface area contributed by atoms with Gasteiger partial charge in [0.2, 0.25) is 5.91 Å². The van der Waals surface area contributed by atoms with E-state index >= 15 is 0 Å². The summed E-state index contributed by atoms with van der Waals surface area (Å²) >= 11 is 0. The molecule has 1 aliphatic rings. The summed E-state index contributed by atoms with van der Waals surface area (Å²) in [7, 11) is 3.08. The van der Waals surface area contributed by atoms with Crippen LogP contribution in [0.15, 0.2) is 36.4 Å². The van der Waals surface area contributed by atoms with Crippen molar-refractivity contribution in [1.82, 2.24) is 10.6 Å². The van der Waals surface area contributed by atoms with Crippen molar-refractivity contribution in [1.29, 1.82) is 0 Å². The Morgan fingerprint density at radius 1 is 1.14 bits per heavy atom. The molecular formula is C21H25ClF2N2O3. The van der Waals surface area contributed by atoms with Crippen molar-refractivity contribution < 1.29 is 23.0 Å². The van der Waals surface area contributed by atoms with Gasteiger partial charge < -0.3 is 20.1 Å². The van der Waals surface area contributed by atoms with Crippen LogP contribution in [-0.4, -0.2) is 39.3 Å². The molecule has 0 aliphatic carbocycles. The molecule has 2 N–H and O–H groups in total. The first kappa shape index (κ1) is 22.9. The molecule has 0 spiro atoms. The van der Waals surface area contributed by atoms with Crippen molar-refractivity contribution in [3.63, 3.8) is 0 Å². The number of nitrogens with one attached hydrogen (secondary N) is 2. The van der Waals surface area contributed by atoms with E-state index in [-0.39, 0.29) is 36.7 Å². The highest BCUT2D eigenvalue weighted by atomic mass is 35.5. The highest BCUT2D eigenvalue weighted by Crippen LogP contribution is 2.30. The SMILES string of the molecule is COc1cccc(OC)c1CC(=O)NC1CNCCC1c1ccc(F)c(F)c1.Cl. The van der Waals surface area contributed by atoms with E-state index in [0.29, 0.717) is 35.6 Å². The molecule has 2 aromatic rings. The molecule has 8 heteroatoms. The first-order valence-electron chi connectivity index (χ1n) is 9.18. The number of carbonyl (C=O) groups excluding carboxylic acids is 1. The molecule has 0 aromatic heterocycles. The predicted octanol–water partition coefficient (Wildman–Crippen LogP) is 3.21. The Hall–Kier alpha value is -2.38. The summed E-state index contributed by atoms with van der Waals surface area (Å²) in [5.74, 6) is -0.882. The minimum absolute atomic E-state index is 0. The van der Waals surface area contributed by atoms with Crippen LogP contribution in [0.3, 0.4) is 0 Å². The largest absolute Gasteiger partial charge is 0.496 e. The van der Waals surface area contributed by atoms with E-state index in [1.807, 2.05) is 0 Å². The molecule has 2 aromatic carbocycles. The summed E-state index contributed by atoms with van der Waals surface area (Å²) in [5, 5.41) is 6.27. The first-order valence-corrected chi connectivity index (χ1v) is 9.18. The molecule has 1 aliphatic heterocycles. The van der Waals surface area contributed by atoms with Crippen molar-refractivity contribution >= 4 is 18.3 Å². The maximum Gasteiger partial charge on any atom is 0.224 e. The highest BCUT2D eigenvalue weighted by molar-refractivity contribution is 5.85. The minimum atomic E-state index is -0.875. The molecule has 2 unspecified atom stereocenters. The molecular weight excluding hydrogens is 402 g/mol. The van der Waals surface area contributed by atoms with Crippen LogP contribution >= 0.6 is 12.4 Å². The van der Waals surface area contributed by atoms with E-state index in [1.165, 1.54) is 6.07 Å². The fourth-order valence-corrected chi connectivity index (χ4v) is 3.67. The number of benzene rings is 2. The van der Waals surface area contributed by atoms with Crippen molar-refractivity contribution in [3.05, 3.63) is 59.2 Å². The van der Waals surface area contributed by atoms with Gasteiger partial charge in [-0.2, -0.15) is 0 Å². The second-order valence-electron chi connectivity index (χ2n) is 6.76. The highest BCUT2D eigenvalue weighted by Gasteiger charge is 2.29. The van der Waals surface area contributed by atoms with E-state index in [1.54, 1.807) is 38.5 Å². The average molecular weight is 427 g/mol. The van der Waals surface area contributed by atoms with E-state index in [4.69, 9.17) is 9.47 Å². The van der Waals surface area contributed by atoms with E-state index in [0.717, 1.165) is 12.6 Å². The normalized spacial score (nSPS) is 18.5. The molecule has 29 heavy (non-hydrogen) atoms. The smallest absolute Gasteiger partial charge is 0.224 e. The van der Waals surface area contributed by atoms with Gasteiger partial charge in [-0.05, 0) is 42.8 Å². The van der Waals surface area contributed by atoms with Crippen LogP contribution in [0.5, 0.6) is 11.5 Å². The van der Waals surface area contributed by atoms with Crippen LogP contribution in [0.2, 0.25) is 0 Å².